The van der Waals surface area contributed by atoms with Crippen molar-refractivity contribution < 1.29 is 10.0 Å². The highest BCUT2D eigenvalue weighted by atomic mass is 79.9. The number of amides is 1. The van der Waals surface area contributed by atoms with Gasteiger partial charge in [-0.15, -0.1) is 11.3 Å². The van der Waals surface area contributed by atoms with E-state index in [1.165, 1.54) is 11.3 Å². The SMILES string of the molecule is CC1CCC(NC(=O)c2sccc2Br)(C(N)=NO)CC1. The molecule has 1 aromatic heterocycles. The maximum atomic E-state index is 12.4. The van der Waals surface area contributed by atoms with E-state index in [4.69, 9.17) is 10.9 Å². The Morgan fingerprint density at radius 3 is 2.75 bits per heavy atom. The fourth-order valence-electron chi connectivity index (χ4n) is 2.53. The predicted molar refractivity (Wildman–Crippen MR) is 83.3 cm³/mol. The number of carbonyl (C=O) groups excluding carboxylic acids is 1. The van der Waals surface area contributed by atoms with Crippen molar-refractivity contribution in [2.24, 2.45) is 16.8 Å². The number of amidine groups is 1. The molecule has 1 fully saturated rings. The molecule has 0 unspecified atom stereocenters. The minimum absolute atomic E-state index is 0.0884. The number of carbonyl (C=O) groups is 1. The molecule has 110 valence electrons. The number of nitrogens with one attached hydrogen (secondary N) is 1. The van der Waals surface area contributed by atoms with Crippen LogP contribution in [0.2, 0.25) is 0 Å². The van der Waals surface area contributed by atoms with Crippen LogP contribution in [0.25, 0.3) is 0 Å². The third-order valence-corrected chi connectivity index (χ3v) is 5.74. The third kappa shape index (κ3) is 2.98. The molecular formula is C13H18BrN3O2S. The molecule has 1 aliphatic rings. The molecule has 1 aromatic rings. The number of rotatable bonds is 3. The first kappa shape index (κ1) is 15.3. The van der Waals surface area contributed by atoms with Gasteiger partial charge in [0.05, 0.1) is 0 Å². The van der Waals surface area contributed by atoms with Crippen LogP contribution in [0.15, 0.2) is 21.1 Å². The molecule has 0 aromatic carbocycles. The molecule has 0 spiro atoms. The summed E-state index contributed by atoms with van der Waals surface area (Å²) in [7, 11) is 0. The smallest absolute Gasteiger partial charge is 0.263 e. The minimum atomic E-state index is -0.734. The zero-order chi connectivity index (χ0) is 14.8. The van der Waals surface area contributed by atoms with E-state index >= 15 is 0 Å². The summed E-state index contributed by atoms with van der Waals surface area (Å²) in [6.45, 7) is 2.17. The molecule has 5 nitrogen and oxygen atoms in total. The van der Waals surface area contributed by atoms with Gasteiger partial charge in [0.25, 0.3) is 5.91 Å². The lowest BCUT2D eigenvalue weighted by Crippen LogP contribution is -2.59. The van der Waals surface area contributed by atoms with Crippen molar-refractivity contribution in [2.75, 3.05) is 0 Å². The van der Waals surface area contributed by atoms with Crippen LogP contribution in [0.5, 0.6) is 0 Å². The second-order valence-electron chi connectivity index (χ2n) is 5.30. The Morgan fingerprint density at radius 1 is 1.60 bits per heavy atom. The molecule has 1 amide bonds. The van der Waals surface area contributed by atoms with Crippen molar-refractivity contribution in [1.82, 2.24) is 5.32 Å². The van der Waals surface area contributed by atoms with Crippen LogP contribution >= 0.6 is 27.3 Å². The van der Waals surface area contributed by atoms with Gasteiger partial charge in [0, 0.05) is 4.47 Å². The molecule has 0 saturated heterocycles. The molecular weight excluding hydrogens is 342 g/mol. The zero-order valence-electron chi connectivity index (χ0n) is 11.2. The fraction of sp³-hybridized carbons (Fsp3) is 0.538. The molecule has 1 saturated carbocycles. The Hall–Kier alpha value is -1.08. The lowest BCUT2D eigenvalue weighted by molar-refractivity contribution is 0.0901. The van der Waals surface area contributed by atoms with E-state index < -0.39 is 5.54 Å². The standard InChI is InChI=1S/C13H18BrN3O2S/c1-8-2-5-13(6-3-8,12(15)17-19)16-11(18)10-9(14)4-7-20-10/h4,7-8,19H,2-3,5-6H2,1H3,(H2,15,17)(H,16,18). The van der Waals surface area contributed by atoms with E-state index in [9.17, 15) is 4.79 Å². The quantitative estimate of drug-likeness (QED) is 0.335. The summed E-state index contributed by atoms with van der Waals surface area (Å²) in [6, 6.07) is 1.83. The van der Waals surface area contributed by atoms with Crippen LogP contribution in [0.3, 0.4) is 0 Å². The van der Waals surface area contributed by atoms with Gasteiger partial charge in [0.1, 0.15) is 10.4 Å². The van der Waals surface area contributed by atoms with Crippen molar-refractivity contribution in [3.8, 4) is 0 Å². The first-order chi connectivity index (χ1) is 9.48. The number of thiophene rings is 1. The highest BCUT2D eigenvalue weighted by molar-refractivity contribution is 9.10. The highest BCUT2D eigenvalue weighted by Crippen LogP contribution is 2.33. The summed E-state index contributed by atoms with van der Waals surface area (Å²) in [6.07, 6.45) is 3.28. The Labute approximate surface area is 130 Å². The van der Waals surface area contributed by atoms with E-state index in [0.29, 0.717) is 23.6 Å². The highest BCUT2D eigenvalue weighted by Gasteiger charge is 2.40. The van der Waals surface area contributed by atoms with Gasteiger partial charge in [-0.2, -0.15) is 0 Å². The fourth-order valence-corrected chi connectivity index (χ4v) is 3.97. The van der Waals surface area contributed by atoms with Crippen molar-refractivity contribution in [3.63, 3.8) is 0 Å². The molecule has 0 aliphatic heterocycles. The van der Waals surface area contributed by atoms with Crippen LogP contribution in [0, 0.1) is 5.92 Å². The van der Waals surface area contributed by atoms with E-state index in [1.54, 1.807) is 0 Å². The normalized spacial score (nSPS) is 27.3. The monoisotopic (exact) mass is 359 g/mol. The minimum Gasteiger partial charge on any atom is -0.409 e. The largest absolute Gasteiger partial charge is 0.409 e. The Balaban J connectivity index is 2.21. The zero-order valence-corrected chi connectivity index (χ0v) is 13.6. The van der Waals surface area contributed by atoms with Crippen molar-refractivity contribution in [2.45, 2.75) is 38.1 Å². The molecule has 4 N–H and O–H groups in total. The summed E-state index contributed by atoms with van der Waals surface area (Å²) in [5.74, 6) is 0.499. The second-order valence-corrected chi connectivity index (χ2v) is 7.07. The number of nitrogens with zero attached hydrogens (tertiary/aromatic N) is 1. The van der Waals surface area contributed by atoms with Gasteiger partial charge in [-0.1, -0.05) is 12.1 Å². The summed E-state index contributed by atoms with van der Waals surface area (Å²) in [5.41, 5.74) is 5.11. The van der Waals surface area contributed by atoms with E-state index in [1.807, 2.05) is 11.4 Å². The molecule has 1 aliphatic carbocycles. The van der Waals surface area contributed by atoms with Gasteiger partial charge in [-0.3, -0.25) is 4.79 Å². The predicted octanol–water partition coefficient (Wildman–Crippen LogP) is 2.94. The molecule has 2 rings (SSSR count). The maximum Gasteiger partial charge on any atom is 0.263 e. The van der Waals surface area contributed by atoms with Crippen molar-refractivity contribution in [1.29, 1.82) is 0 Å². The van der Waals surface area contributed by atoms with Gasteiger partial charge < -0.3 is 16.3 Å². The lowest BCUT2D eigenvalue weighted by atomic mass is 9.76. The average molecular weight is 360 g/mol. The summed E-state index contributed by atoms with van der Waals surface area (Å²) in [5, 5.41) is 17.0. The number of oxime groups is 1. The molecule has 0 atom stereocenters. The van der Waals surface area contributed by atoms with Gasteiger partial charge in [-0.05, 0) is 59.0 Å². The second kappa shape index (κ2) is 6.13. The van der Waals surface area contributed by atoms with Gasteiger partial charge in [-0.25, -0.2) is 0 Å². The number of hydrogen-bond donors (Lipinski definition) is 3. The van der Waals surface area contributed by atoms with Gasteiger partial charge >= 0.3 is 0 Å². The van der Waals surface area contributed by atoms with E-state index in [2.05, 4.69) is 33.3 Å². The lowest BCUT2D eigenvalue weighted by Gasteiger charge is -2.38. The Kier molecular flexibility index (Phi) is 4.70. The number of hydrogen-bond acceptors (Lipinski definition) is 4. The van der Waals surface area contributed by atoms with Crippen LogP contribution < -0.4 is 11.1 Å². The number of nitrogens with two attached hydrogens (primary N) is 1. The molecule has 1 heterocycles. The Bertz CT molecular complexity index is 521. The van der Waals surface area contributed by atoms with Crippen molar-refractivity contribution >= 4 is 39.0 Å². The van der Waals surface area contributed by atoms with Crippen LogP contribution in [0.4, 0.5) is 0 Å². The molecule has 0 radical (unpaired) electrons. The first-order valence-electron chi connectivity index (χ1n) is 6.52. The van der Waals surface area contributed by atoms with E-state index in [0.717, 1.165) is 17.3 Å². The maximum absolute atomic E-state index is 12.4. The molecule has 0 bridgehead atoms. The van der Waals surface area contributed by atoms with Gasteiger partial charge in [0.15, 0.2) is 5.84 Å². The van der Waals surface area contributed by atoms with Crippen LogP contribution in [0.1, 0.15) is 42.3 Å². The van der Waals surface area contributed by atoms with Gasteiger partial charge in [0.2, 0.25) is 0 Å². The topological polar surface area (TPSA) is 87.7 Å². The van der Waals surface area contributed by atoms with E-state index in [-0.39, 0.29) is 11.7 Å². The average Bonchev–Trinajstić information content (AvgIpc) is 2.87. The van der Waals surface area contributed by atoms with Crippen LogP contribution in [-0.4, -0.2) is 22.5 Å². The number of halogens is 1. The Morgan fingerprint density at radius 2 is 2.25 bits per heavy atom. The molecule has 7 heteroatoms. The summed E-state index contributed by atoms with van der Waals surface area (Å²) < 4.78 is 0.763. The summed E-state index contributed by atoms with van der Waals surface area (Å²) >= 11 is 4.71. The van der Waals surface area contributed by atoms with Crippen molar-refractivity contribution in [3.05, 3.63) is 20.8 Å². The first-order valence-corrected chi connectivity index (χ1v) is 8.19. The molecule has 20 heavy (non-hydrogen) atoms. The summed E-state index contributed by atoms with van der Waals surface area (Å²) in [4.78, 5) is 13.0. The van der Waals surface area contributed by atoms with Crippen LogP contribution in [-0.2, 0) is 0 Å². The third-order valence-electron chi connectivity index (χ3n) is 3.90.